The van der Waals surface area contributed by atoms with E-state index in [2.05, 4.69) is 42.7 Å². The highest BCUT2D eigenvalue weighted by atomic mass is 79.9. The van der Waals surface area contributed by atoms with Gasteiger partial charge in [0.1, 0.15) is 11.5 Å². The molecule has 1 heterocycles. The summed E-state index contributed by atoms with van der Waals surface area (Å²) >= 11 is 7.37. The number of methoxy groups -OCH3 is 1. The third kappa shape index (κ3) is 7.94. The van der Waals surface area contributed by atoms with Crippen molar-refractivity contribution in [3.8, 4) is 11.5 Å². The predicted molar refractivity (Wildman–Crippen MR) is 182 cm³/mol. The van der Waals surface area contributed by atoms with Crippen molar-refractivity contribution in [1.29, 1.82) is 0 Å². The van der Waals surface area contributed by atoms with E-state index >= 15 is 0 Å². The molecule has 4 aromatic carbocycles. The molecule has 0 bridgehead atoms. The number of ether oxygens (including phenoxy) is 3. The highest BCUT2D eigenvalue weighted by Gasteiger charge is 2.54. The zero-order chi connectivity index (χ0) is 31.6. The van der Waals surface area contributed by atoms with Gasteiger partial charge in [-0.25, -0.2) is 10.4 Å². The number of hydrogen-bond donors (Lipinski definition) is 3. The smallest absolute Gasteiger partial charge is 0.266 e. The molecule has 3 N–H and O–H groups in total. The van der Waals surface area contributed by atoms with Crippen LogP contribution in [0.25, 0.3) is 0 Å². The molecular formula is C35H35Br2N3O5. The SMILES string of the molecule is COc1cccc(CCNNC(=O)[C@@]2(Cc3ccccc3Br)N=C(c3ccc(OCCCO)cc3)O[C@H]2c2ccccc2Br)c1. The first-order valence-corrected chi connectivity index (χ1v) is 16.3. The minimum atomic E-state index is -1.36. The molecule has 234 valence electrons. The van der Waals surface area contributed by atoms with Crippen molar-refractivity contribution in [2.45, 2.75) is 30.9 Å². The molecule has 0 aromatic heterocycles. The first-order valence-electron chi connectivity index (χ1n) is 14.7. The molecule has 0 fully saturated rings. The topological polar surface area (TPSA) is 101 Å². The first-order chi connectivity index (χ1) is 21.9. The van der Waals surface area contributed by atoms with E-state index in [0.717, 1.165) is 31.4 Å². The third-order valence-electron chi connectivity index (χ3n) is 7.51. The fourth-order valence-electron chi connectivity index (χ4n) is 5.16. The van der Waals surface area contributed by atoms with Crippen LogP contribution in [0.15, 0.2) is 111 Å². The quantitative estimate of drug-likeness (QED) is 0.103. The van der Waals surface area contributed by atoms with Crippen LogP contribution in [0.5, 0.6) is 11.5 Å². The van der Waals surface area contributed by atoms with E-state index in [1.165, 1.54) is 0 Å². The van der Waals surface area contributed by atoms with Gasteiger partial charge in [-0.2, -0.15) is 0 Å². The van der Waals surface area contributed by atoms with Crippen LogP contribution in [-0.4, -0.2) is 49.3 Å². The fraction of sp³-hybridized carbons (Fsp3) is 0.257. The van der Waals surface area contributed by atoms with Gasteiger partial charge in [-0.15, -0.1) is 0 Å². The number of nitrogens with zero attached hydrogens (tertiary/aromatic N) is 1. The number of nitrogens with one attached hydrogen (secondary N) is 2. The summed E-state index contributed by atoms with van der Waals surface area (Å²) in [5.41, 5.74) is 8.24. The van der Waals surface area contributed by atoms with Gasteiger partial charge in [0, 0.05) is 46.1 Å². The second-order valence-electron chi connectivity index (χ2n) is 10.6. The Balaban J connectivity index is 1.48. The molecule has 2 atom stereocenters. The molecule has 0 aliphatic carbocycles. The molecule has 1 aliphatic rings. The van der Waals surface area contributed by atoms with Crippen LogP contribution < -0.4 is 20.3 Å². The second kappa shape index (κ2) is 15.5. The number of hydrazine groups is 1. The Bertz CT molecular complexity index is 1630. The molecule has 1 aliphatic heterocycles. The molecule has 8 nitrogen and oxygen atoms in total. The number of benzene rings is 4. The van der Waals surface area contributed by atoms with E-state index in [9.17, 15) is 4.79 Å². The standard InChI is InChI=1S/C35H35Br2N3O5/c1-43-28-10-6-8-24(22-28)18-19-38-40-34(42)35(23-26-9-2-4-12-30(26)36)32(29-11-3-5-13-31(29)37)45-33(39-35)25-14-16-27(17-15-25)44-21-7-20-41/h2-6,8-17,22,32,38,41H,7,18-21,23H2,1H3,(H,40,42)/t32-,35-/m0/s1. The monoisotopic (exact) mass is 735 g/mol. The van der Waals surface area contributed by atoms with Crippen molar-refractivity contribution in [3.63, 3.8) is 0 Å². The number of hydrogen-bond acceptors (Lipinski definition) is 7. The average Bonchev–Trinajstić information content (AvgIpc) is 3.45. The maximum Gasteiger partial charge on any atom is 0.266 e. The summed E-state index contributed by atoms with van der Waals surface area (Å²) in [5, 5.41) is 9.07. The van der Waals surface area contributed by atoms with Crippen molar-refractivity contribution < 1.29 is 24.1 Å². The Kier molecular flexibility index (Phi) is 11.3. The van der Waals surface area contributed by atoms with Crippen LogP contribution in [0.3, 0.4) is 0 Å². The van der Waals surface area contributed by atoms with E-state index in [-0.39, 0.29) is 18.9 Å². The number of aliphatic hydroxyl groups is 1. The van der Waals surface area contributed by atoms with Crippen LogP contribution in [0, 0.1) is 0 Å². The summed E-state index contributed by atoms with van der Waals surface area (Å²) in [6.45, 7) is 0.979. The molecule has 0 radical (unpaired) electrons. The number of carbonyl (C=O) groups is 1. The normalized spacial score (nSPS) is 17.3. The van der Waals surface area contributed by atoms with Crippen molar-refractivity contribution in [3.05, 3.63) is 128 Å². The zero-order valence-corrected chi connectivity index (χ0v) is 28.0. The Hall–Kier alpha value is -3.70. The molecule has 5 rings (SSSR count). The number of halogens is 2. The Morgan fingerprint density at radius 1 is 0.956 bits per heavy atom. The fourth-order valence-corrected chi connectivity index (χ4v) is 6.08. The number of aliphatic hydroxyl groups excluding tert-OH is 1. The summed E-state index contributed by atoms with van der Waals surface area (Å²) in [6.07, 6.45) is 0.761. The second-order valence-corrected chi connectivity index (χ2v) is 12.3. The Labute approximate surface area is 280 Å². The summed E-state index contributed by atoms with van der Waals surface area (Å²) < 4.78 is 19.4. The lowest BCUT2D eigenvalue weighted by Crippen LogP contribution is -2.54. The van der Waals surface area contributed by atoms with E-state index in [0.29, 0.717) is 43.2 Å². The molecule has 0 spiro atoms. The van der Waals surface area contributed by atoms with Gasteiger partial charge in [-0.3, -0.25) is 10.2 Å². The van der Waals surface area contributed by atoms with Crippen molar-refractivity contribution >= 4 is 43.7 Å². The van der Waals surface area contributed by atoms with Gasteiger partial charge in [-0.05, 0) is 66.1 Å². The number of aliphatic imine (C=N–C) groups is 1. The third-order valence-corrected chi connectivity index (χ3v) is 9.01. The highest BCUT2D eigenvalue weighted by Crippen LogP contribution is 2.45. The largest absolute Gasteiger partial charge is 0.497 e. The molecule has 45 heavy (non-hydrogen) atoms. The van der Waals surface area contributed by atoms with Crippen molar-refractivity contribution in [2.75, 3.05) is 26.9 Å². The maximum atomic E-state index is 14.4. The summed E-state index contributed by atoms with van der Waals surface area (Å²) in [5.74, 6) is 1.50. The molecule has 0 unspecified atom stereocenters. The van der Waals surface area contributed by atoms with Crippen LogP contribution in [0.2, 0.25) is 0 Å². The van der Waals surface area contributed by atoms with E-state index in [1.54, 1.807) is 7.11 Å². The minimum Gasteiger partial charge on any atom is -0.497 e. The van der Waals surface area contributed by atoms with E-state index < -0.39 is 11.6 Å². The zero-order valence-electron chi connectivity index (χ0n) is 24.8. The van der Waals surface area contributed by atoms with Crippen molar-refractivity contribution in [2.24, 2.45) is 4.99 Å². The van der Waals surface area contributed by atoms with Crippen LogP contribution in [0.1, 0.15) is 34.8 Å². The highest BCUT2D eigenvalue weighted by molar-refractivity contribution is 9.10. The van der Waals surface area contributed by atoms with Crippen LogP contribution in [-0.2, 0) is 22.4 Å². The Morgan fingerprint density at radius 3 is 2.44 bits per heavy atom. The molecule has 0 saturated carbocycles. The minimum absolute atomic E-state index is 0.0662. The lowest BCUT2D eigenvalue weighted by atomic mass is 9.82. The Morgan fingerprint density at radius 2 is 1.71 bits per heavy atom. The van der Waals surface area contributed by atoms with Crippen LogP contribution >= 0.6 is 31.9 Å². The molecule has 1 amide bonds. The van der Waals surface area contributed by atoms with E-state index in [4.69, 9.17) is 24.3 Å². The van der Waals surface area contributed by atoms with Crippen molar-refractivity contribution in [1.82, 2.24) is 10.9 Å². The molecule has 4 aromatic rings. The van der Waals surface area contributed by atoms with Gasteiger partial charge in [0.25, 0.3) is 5.91 Å². The molecule has 10 heteroatoms. The predicted octanol–water partition coefficient (Wildman–Crippen LogP) is 6.34. The average molecular weight is 737 g/mol. The van der Waals surface area contributed by atoms with Gasteiger partial charge >= 0.3 is 0 Å². The lowest BCUT2D eigenvalue weighted by molar-refractivity contribution is -0.130. The van der Waals surface area contributed by atoms with Gasteiger partial charge in [0.2, 0.25) is 5.90 Å². The van der Waals surface area contributed by atoms with Gasteiger partial charge in [0.15, 0.2) is 11.6 Å². The number of carbonyl (C=O) groups excluding carboxylic acids is 1. The first kappa shape index (κ1) is 32.7. The molecular weight excluding hydrogens is 702 g/mol. The van der Waals surface area contributed by atoms with Gasteiger partial charge < -0.3 is 19.3 Å². The lowest BCUT2D eigenvalue weighted by Gasteiger charge is -2.31. The summed E-state index contributed by atoms with van der Waals surface area (Å²) in [6, 6.07) is 30.8. The summed E-state index contributed by atoms with van der Waals surface area (Å²) in [7, 11) is 1.64. The van der Waals surface area contributed by atoms with Gasteiger partial charge in [-0.1, -0.05) is 80.4 Å². The number of rotatable bonds is 14. The maximum absolute atomic E-state index is 14.4. The van der Waals surface area contributed by atoms with Gasteiger partial charge in [0.05, 0.1) is 13.7 Å². The number of amides is 1. The summed E-state index contributed by atoms with van der Waals surface area (Å²) in [4.78, 5) is 19.5. The van der Waals surface area contributed by atoms with E-state index in [1.807, 2.05) is 97.1 Å². The van der Waals surface area contributed by atoms with Crippen LogP contribution in [0.4, 0.5) is 0 Å². The molecule has 0 saturated heterocycles.